The van der Waals surface area contributed by atoms with Crippen molar-refractivity contribution in [3.8, 4) is 5.75 Å². The van der Waals surface area contributed by atoms with Crippen molar-refractivity contribution in [2.45, 2.75) is 51.9 Å². The zero-order valence-corrected chi connectivity index (χ0v) is 17.5. The molecule has 0 radical (unpaired) electrons. The van der Waals surface area contributed by atoms with E-state index in [2.05, 4.69) is 0 Å². The van der Waals surface area contributed by atoms with Gasteiger partial charge >= 0.3 is 13.1 Å². The molecule has 0 bridgehead atoms. The fraction of sp³-hybridized carbons (Fsp3) is 0.409. The molecule has 1 heterocycles. The van der Waals surface area contributed by atoms with Crippen molar-refractivity contribution in [3.05, 3.63) is 59.4 Å². The number of ether oxygens (including phenoxy) is 2. The van der Waals surface area contributed by atoms with Crippen LogP contribution >= 0.6 is 0 Å². The molecule has 2 aromatic carbocycles. The van der Waals surface area contributed by atoms with Crippen LogP contribution < -0.4 is 10.2 Å². The van der Waals surface area contributed by atoms with Crippen molar-refractivity contribution in [1.29, 1.82) is 0 Å². The maximum atomic E-state index is 15.5. The molecule has 0 amide bonds. The lowest BCUT2D eigenvalue weighted by Crippen LogP contribution is -2.41. The van der Waals surface area contributed by atoms with Crippen molar-refractivity contribution in [1.82, 2.24) is 0 Å². The molecule has 1 fully saturated rings. The molecule has 7 heteroatoms. The second-order valence-corrected chi connectivity index (χ2v) is 8.07. The number of carbonyl (C=O) groups excluding carboxylic acids is 1. The van der Waals surface area contributed by atoms with Gasteiger partial charge in [-0.3, -0.25) is 4.79 Å². The van der Waals surface area contributed by atoms with Crippen LogP contribution in [0.3, 0.4) is 0 Å². The van der Waals surface area contributed by atoms with Crippen molar-refractivity contribution in [2.24, 2.45) is 0 Å². The first-order valence-corrected chi connectivity index (χ1v) is 9.55. The molecule has 0 aromatic heterocycles. The molecule has 0 saturated carbocycles. The topological polar surface area (TPSA) is 54.0 Å². The highest BCUT2D eigenvalue weighted by molar-refractivity contribution is 6.63. The molecular weight excluding hydrogens is 374 g/mol. The first-order chi connectivity index (χ1) is 13.6. The zero-order chi connectivity index (χ0) is 21.2. The number of esters is 1. The van der Waals surface area contributed by atoms with Crippen molar-refractivity contribution < 1.29 is 28.0 Å². The van der Waals surface area contributed by atoms with Gasteiger partial charge in [0.05, 0.1) is 24.7 Å². The number of methoxy groups -OCH3 is 1. The number of hydrogen-bond donors (Lipinski definition) is 0. The number of halogens is 1. The van der Waals surface area contributed by atoms with Crippen molar-refractivity contribution in [3.63, 3.8) is 0 Å². The zero-order valence-electron chi connectivity index (χ0n) is 17.5. The SMILES string of the molecule is COC(=O)Cc1ccc(OCc2ccccc2)c(F)c1B1OC(C)(C)C(C)(C)O1. The predicted molar refractivity (Wildman–Crippen MR) is 109 cm³/mol. The average Bonchev–Trinajstić information content (AvgIpc) is 2.88. The van der Waals surface area contributed by atoms with Gasteiger partial charge in [-0.1, -0.05) is 36.4 Å². The normalized spacial score (nSPS) is 17.2. The summed E-state index contributed by atoms with van der Waals surface area (Å²) >= 11 is 0. The molecule has 0 aliphatic carbocycles. The lowest BCUT2D eigenvalue weighted by atomic mass is 9.74. The molecular formula is C22H26BFO5. The molecule has 2 aromatic rings. The predicted octanol–water partition coefficient (Wildman–Crippen LogP) is 3.42. The van der Waals surface area contributed by atoms with Crippen LogP contribution in [0.25, 0.3) is 0 Å². The van der Waals surface area contributed by atoms with Crippen LogP contribution in [0.15, 0.2) is 42.5 Å². The first kappa shape index (κ1) is 21.3. The first-order valence-electron chi connectivity index (χ1n) is 9.55. The molecule has 3 rings (SSSR count). The highest BCUT2D eigenvalue weighted by Crippen LogP contribution is 2.37. The summed E-state index contributed by atoms with van der Waals surface area (Å²) in [7, 11) is 0.338. The third-order valence-corrected chi connectivity index (χ3v) is 5.52. The van der Waals surface area contributed by atoms with E-state index in [4.69, 9.17) is 18.8 Å². The van der Waals surface area contributed by atoms with Crippen molar-refractivity contribution >= 4 is 18.6 Å². The largest absolute Gasteiger partial charge is 0.498 e. The van der Waals surface area contributed by atoms with E-state index in [0.717, 1.165) is 5.56 Å². The lowest BCUT2D eigenvalue weighted by molar-refractivity contribution is -0.139. The average molecular weight is 400 g/mol. The molecule has 0 N–H and O–H groups in total. The van der Waals surface area contributed by atoms with Crippen LogP contribution in [0, 0.1) is 5.82 Å². The Morgan fingerprint density at radius 3 is 2.24 bits per heavy atom. The number of carbonyl (C=O) groups is 1. The van der Waals surface area contributed by atoms with E-state index in [1.165, 1.54) is 13.2 Å². The van der Waals surface area contributed by atoms with Gasteiger partial charge in [0.1, 0.15) is 6.61 Å². The smallest absolute Gasteiger partial charge is 0.486 e. The fourth-order valence-electron chi connectivity index (χ4n) is 3.06. The van der Waals surface area contributed by atoms with E-state index in [0.29, 0.717) is 5.56 Å². The van der Waals surface area contributed by atoms with Crippen LogP contribution in [-0.4, -0.2) is 31.4 Å². The molecule has 1 saturated heterocycles. The van der Waals surface area contributed by atoms with Gasteiger partial charge in [-0.25, -0.2) is 4.39 Å². The molecule has 1 aliphatic heterocycles. The Kier molecular flexibility index (Phi) is 6.01. The molecule has 154 valence electrons. The van der Waals surface area contributed by atoms with Gasteiger partial charge < -0.3 is 18.8 Å². The Labute approximate surface area is 171 Å². The van der Waals surface area contributed by atoms with Gasteiger partial charge in [0.2, 0.25) is 0 Å². The number of benzene rings is 2. The van der Waals surface area contributed by atoms with E-state index in [-0.39, 0.29) is 24.2 Å². The minimum absolute atomic E-state index is 0.0761. The summed E-state index contributed by atoms with van der Waals surface area (Å²) in [6.07, 6.45) is -0.0915. The lowest BCUT2D eigenvalue weighted by Gasteiger charge is -2.32. The molecule has 0 spiro atoms. The second-order valence-electron chi connectivity index (χ2n) is 8.07. The minimum Gasteiger partial charge on any atom is -0.486 e. The fourth-order valence-corrected chi connectivity index (χ4v) is 3.06. The Morgan fingerprint density at radius 1 is 1.03 bits per heavy atom. The molecule has 0 atom stereocenters. The van der Waals surface area contributed by atoms with Crippen LogP contribution in [0.4, 0.5) is 4.39 Å². The number of rotatable bonds is 6. The Morgan fingerprint density at radius 2 is 1.66 bits per heavy atom. The summed E-state index contributed by atoms with van der Waals surface area (Å²) in [5.41, 5.74) is 0.239. The third-order valence-electron chi connectivity index (χ3n) is 5.52. The summed E-state index contributed by atoms with van der Waals surface area (Å²) < 4.78 is 38.0. The van der Waals surface area contributed by atoms with E-state index >= 15 is 4.39 Å². The summed E-state index contributed by atoms with van der Waals surface area (Å²) in [5.74, 6) is -0.992. The highest BCUT2D eigenvalue weighted by Gasteiger charge is 2.53. The van der Waals surface area contributed by atoms with Crippen molar-refractivity contribution in [2.75, 3.05) is 7.11 Å². The summed E-state index contributed by atoms with van der Waals surface area (Å²) in [5, 5.41) is 0. The van der Waals surface area contributed by atoms with Gasteiger partial charge in [0, 0.05) is 5.46 Å². The Hall–Kier alpha value is -2.38. The molecule has 29 heavy (non-hydrogen) atoms. The monoisotopic (exact) mass is 400 g/mol. The van der Waals surface area contributed by atoms with E-state index in [1.54, 1.807) is 6.07 Å². The summed E-state index contributed by atoms with van der Waals surface area (Å²) in [4.78, 5) is 11.9. The maximum Gasteiger partial charge on any atom is 0.498 e. The standard InChI is InChI=1S/C22H26BFO5/c1-21(2)22(3,4)29-23(28-21)19-16(13-18(25)26-5)11-12-17(20(19)24)27-14-15-9-7-6-8-10-15/h6-12H,13-14H2,1-5H3. The van der Waals surface area contributed by atoms with Gasteiger partial charge in [0.15, 0.2) is 11.6 Å². The van der Waals surface area contributed by atoms with Crippen LogP contribution in [0.5, 0.6) is 5.75 Å². The van der Waals surface area contributed by atoms with E-state index in [9.17, 15) is 4.79 Å². The Bertz CT molecular complexity index is 866. The summed E-state index contributed by atoms with van der Waals surface area (Å²) in [6, 6.07) is 12.7. The molecule has 5 nitrogen and oxygen atoms in total. The highest BCUT2D eigenvalue weighted by atomic mass is 19.1. The van der Waals surface area contributed by atoms with Gasteiger partial charge in [0.25, 0.3) is 0 Å². The van der Waals surface area contributed by atoms with Gasteiger partial charge in [-0.2, -0.15) is 0 Å². The third kappa shape index (κ3) is 4.46. The molecule has 0 unspecified atom stereocenters. The second kappa shape index (κ2) is 8.16. The Balaban J connectivity index is 1.95. The van der Waals surface area contributed by atoms with Crippen LogP contribution in [-0.2, 0) is 31.9 Å². The van der Waals surface area contributed by atoms with Crippen LogP contribution in [0.1, 0.15) is 38.8 Å². The molecule has 1 aliphatic rings. The van der Waals surface area contributed by atoms with Crippen LogP contribution in [0.2, 0.25) is 0 Å². The maximum absolute atomic E-state index is 15.5. The van der Waals surface area contributed by atoms with Gasteiger partial charge in [-0.15, -0.1) is 0 Å². The van der Waals surface area contributed by atoms with Gasteiger partial charge in [-0.05, 0) is 44.9 Å². The van der Waals surface area contributed by atoms with E-state index < -0.39 is 30.1 Å². The minimum atomic E-state index is -0.958. The van der Waals surface area contributed by atoms with E-state index in [1.807, 2.05) is 58.0 Å². The number of hydrogen-bond acceptors (Lipinski definition) is 5. The quantitative estimate of drug-likeness (QED) is 0.550. The summed E-state index contributed by atoms with van der Waals surface area (Å²) in [6.45, 7) is 7.78.